The van der Waals surface area contributed by atoms with Crippen LogP contribution >= 0.6 is 0 Å². The highest BCUT2D eigenvalue weighted by molar-refractivity contribution is 4.95. The third kappa shape index (κ3) is 3.27. The van der Waals surface area contributed by atoms with Gasteiger partial charge in [0.2, 0.25) is 0 Å². The van der Waals surface area contributed by atoms with E-state index in [-0.39, 0.29) is 0 Å². The van der Waals surface area contributed by atoms with Crippen LogP contribution in [0.5, 0.6) is 0 Å². The SMILES string of the molecule is CCNCC1(CN(CC2CC2)C2CC2)CCCC1. The summed E-state index contributed by atoms with van der Waals surface area (Å²) in [4.78, 5) is 2.88. The van der Waals surface area contributed by atoms with Crippen LogP contribution in [0.1, 0.15) is 58.3 Å². The van der Waals surface area contributed by atoms with Gasteiger partial charge >= 0.3 is 0 Å². The minimum absolute atomic E-state index is 0.619. The lowest BCUT2D eigenvalue weighted by atomic mass is 9.85. The third-order valence-electron chi connectivity index (χ3n) is 5.21. The Kier molecular flexibility index (Phi) is 3.95. The van der Waals surface area contributed by atoms with Crippen LogP contribution in [0.3, 0.4) is 0 Å². The summed E-state index contributed by atoms with van der Waals surface area (Å²) in [5.74, 6) is 1.06. The monoisotopic (exact) mass is 250 g/mol. The van der Waals surface area contributed by atoms with Gasteiger partial charge in [0.15, 0.2) is 0 Å². The van der Waals surface area contributed by atoms with E-state index in [9.17, 15) is 0 Å². The molecule has 0 bridgehead atoms. The minimum Gasteiger partial charge on any atom is -0.316 e. The van der Waals surface area contributed by atoms with E-state index in [1.165, 1.54) is 71.0 Å². The van der Waals surface area contributed by atoms with Crippen LogP contribution in [0.25, 0.3) is 0 Å². The normalized spacial score (nSPS) is 27.0. The number of hydrogen-bond donors (Lipinski definition) is 1. The van der Waals surface area contributed by atoms with E-state index in [1.807, 2.05) is 0 Å². The van der Waals surface area contributed by atoms with E-state index in [1.54, 1.807) is 0 Å². The molecule has 18 heavy (non-hydrogen) atoms. The molecule has 0 unspecified atom stereocenters. The van der Waals surface area contributed by atoms with Crippen LogP contribution in [0.15, 0.2) is 0 Å². The van der Waals surface area contributed by atoms with Crippen LogP contribution in [-0.2, 0) is 0 Å². The van der Waals surface area contributed by atoms with Crippen LogP contribution < -0.4 is 5.32 Å². The molecular formula is C16H30N2. The van der Waals surface area contributed by atoms with Gasteiger partial charge in [-0.3, -0.25) is 4.90 Å². The van der Waals surface area contributed by atoms with Crippen molar-refractivity contribution < 1.29 is 0 Å². The van der Waals surface area contributed by atoms with E-state index >= 15 is 0 Å². The Morgan fingerprint density at radius 2 is 1.83 bits per heavy atom. The predicted octanol–water partition coefficient (Wildman–Crippen LogP) is 3.03. The molecule has 2 heteroatoms. The maximum Gasteiger partial charge on any atom is 0.00967 e. The van der Waals surface area contributed by atoms with Crippen LogP contribution in [0.4, 0.5) is 0 Å². The Hall–Kier alpha value is -0.0800. The summed E-state index contributed by atoms with van der Waals surface area (Å²) < 4.78 is 0. The molecule has 0 aliphatic heterocycles. The van der Waals surface area contributed by atoms with Gasteiger partial charge in [-0.05, 0) is 56.4 Å². The molecule has 0 atom stereocenters. The van der Waals surface area contributed by atoms with Gasteiger partial charge in [0.25, 0.3) is 0 Å². The first-order valence-electron chi connectivity index (χ1n) is 8.26. The molecule has 1 N–H and O–H groups in total. The van der Waals surface area contributed by atoms with Gasteiger partial charge < -0.3 is 5.32 Å². The van der Waals surface area contributed by atoms with Gasteiger partial charge in [0.1, 0.15) is 0 Å². The lowest BCUT2D eigenvalue weighted by molar-refractivity contribution is 0.137. The van der Waals surface area contributed by atoms with Crippen molar-refractivity contribution in [3.05, 3.63) is 0 Å². The molecule has 104 valence electrons. The van der Waals surface area contributed by atoms with Crippen molar-refractivity contribution in [2.75, 3.05) is 26.2 Å². The van der Waals surface area contributed by atoms with Crippen LogP contribution in [0.2, 0.25) is 0 Å². The molecule has 3 saturated carbocycles. The molecule has 3 aliphatic carbocycles. The number of hydrogen-bond acceptors (Lipinski definition) is 2. The largest absolute Gasteiger partial charge is 0.316 e. The maximum atomic E-state index is 3.64. The summed E-state index contributed by atoms with van der Waals surface area (Å²) in [7, 11) is 0. The van der Waals surface area contributed by atoms with Gasteiger partial charge in [-0.15, -0.1) is 0 Å². The summed E-state index contributed by atoms with van der Waals surface area (Å²) >= 11 is 0. The summed E-state index contributed by atoms with van der Waals surface area (Å²) in [6.07, 6.45) is 11.8. The maximum absolute atomic E-state index is 3.64. The zero-order valence-electron chi connectivity index (χ0n) is 12.1. The second kappa shape index (κ2) is 5.50. The quantitative estimate of drug-likeness (QED) is 0.712. The van der Waals surface area contributed by atoms with E-state index < -0.39 is 0 Å². The van der Waals surface area contributed by atoms with Crippen LogP contribution in [-0.4, -0.2) is 37.1 Å². The van der Waals surface area contributed by atoms with Gasteiger partial charge in [0, 0.05) is 25.7 Å². The number of nitrogens with one attached hydrogen (secondary N) is 1. The second-order valence-corrected chi connectivity index (χ2v) is 7.09. The summed E-state index contributed by atoms with van der Waals surface area (Å²) in [5, 5.41) is 3.64. The van der Waals surface area contributed by atoms with E-state index in [0.717, 1.165) is 18.5 Å². The molecule has 0 heterocycles. The zero-order valence-corrected chi connectivity index (χ0v) is 12.1. The molecule has 0 radical (unpaired) electrons. The lowest BCUT2D eigenvalue weighted by Gasteiger charge is -2.36. The Morgan fingerprint density at radius 3 is 2.39 bits per heavy atom. The fraction of sp³-hybridized carbons (Fsp3) is 1.00. The molecule has 0 aromatic rings. The standard InChI is InChI=1S/C16H30N2/c1-2-17-12-16(9-3-4-10-16)13-18(15-7-8-15)11-14-5-6-14/h14-15,17H,2-13H2,1H3. The average Bonchev–Trinajstić information content (AvgIpc) is 3.27. The van der Waals surface area contributed by atoms with E-state index in [0.29, 0.717) is 5.41 Å². The van der Waals surface area contributed by atoms with Gasteiger partial charge in [-0.2, -0.15) is 0 Å². The Balaban J connectivity index is 1.58. The summed E-state index contributed by atoms with van der Waals surface area (Å²) in [6, 6.07) is 0.963. The van der Waals surface area contributed by atoms with Crippen molar-refractivity contribution in [1.82, 2.24) is 10.2 Å². The molecule has 3 fully saturated rings. The topological polar surface area (TPSA) is 15.3 Å². The fourth-order valence-corrected chi connectivity index (χ4v) is 3.75. The summed E-state index contributed by atoms with van der Waals surface area (Å²) in [5.41, 5.74) is 0.619. The van der Waals surface area contributed by atoms with Crippen molar-refractivity contribution in [3.63, 3.8) is 0 Å². The highest BCUT2D eigenvalue weighted by Gasteiger charge is 2.40. The van der Waals surface area contributed by atoms with Crippen molar-refractivity contribution >= 4 is 0 Å². The van der Waals surface area contributed by atoms with Crippen molar-refractivity contribution in [1.29, 1.82) is 0 Å². The molecule has 0 aromatic carbocycles. The highest BCUT2D eigenvalue weighted by atomic mass is 15.2. The smallest absolute Gasteiger partial charge is 0.00967 e. The van der Waals surface area contributed by atoms with Crippen molar-refractivity contribution in [3.8, 4) is 0 Å². The predicted molar refractivity (Wildman–Crippen MR) is 76.8 cm³/mol. The molecule has 0 spiro atoms. The molecular weight excluding hydrogens is 220 g/mol. The second-order valence-electron chi connectivity index (χ2n) is 7.09. The Labute approximate surface area is 113 Å². The van der Waals surface area contributed by atoms with Gasteiger partial charge in [-0.1, -0.05) is 19.8 Å². The first-order valence-corrected chi connectivity index (χ1v) is 8.26. The molecule has 0 amide bonds. The number of rotatable bonds is 8. The molecule has 0 aromatic heterocycles. The average molecular weight is 250 g/mol. The van der Waals surface area contributed by atoms with Crippen molar-refractivity contribution in [2.24, 2.45) is 11.3 Å². The van der Waals surface area contributed by atoms with Gasteiger partial charge in [0.05, 0.1) is 0 Å². The number of nitrogens with zero attached hydrogens (tertiary/aromatic N) is 1. The van der Waals surface area contributed by atoms with E-state index in [4.69, 9.17) is 0 Å². The first-order chi connectivity index (χ1) is 8.81. The van der Waals surface area contributed by atoms with Gasteiger partial charge in [-0.25, -0.2) is 0 Å². The first kappa shape index (κ1) is 12.9. The Morgan fingerprint density at radius 1 is 1.11 bits per heavy atom. The third-order valence-corrected chi connectivity index (χ3v) is 5.21. The Bertz CT molecular complexity index is 262. The fourth-order valence-electron chi connectivity index (χ4n) is 3.75. The lowest BCUT2D eigenvalue weighted by Crippen LogP contribution is -2.44. The van der Waals surface area contributed by atoms with E-state index in [2.05, 4.69) is 17.1 Å². The minimum atomic E-state index is 0.619. The highest BCUT2D eigenvalue weighted by Crippen LogP contribution is 2.42. The molecule has 0 saturated heterocycles. The molecule has 3 rings (SSSR count). The molecule has 3 aliphatic rings. The van der Waals surface area contributed by atoms with Crippen molar-refractivity contribution in [2.45, 2.75) is 64.3 Å². The zero-order chi connectivity index (χ0) is 12.4. The van der Waals surface area contributed by atoms with Crippen LogP contribution in [0, 0.1) is 11.3 Å². The summed E-state index contributed by atoms with van der Waals surface area (Å²) in [6.45, 7) is 7.44. The molecule has 2 nitrogen and oxygen atoms in total.